The maximum Gasteiger partial charge on any atom is 0.255 e. The highest BCUT2D eigenvalue weighted by Gasteiger charge is 2.28. The molecule has 0 radical (unpaired) electrons. The Morgan fingerprint density at radius 1 is 1.50 bits per heavy atom. The van der Waals surface area contributed by atoms with Crippen LogP contribution in [-0.4, -0.2) is 22.9 Å². The number of aromatic hydroxyl groups is 1. The number of carbonyl (C=O) groups excluding carboxylic acids is 1. The average molecular weight is 272 g/mol. The summed E-state index contributed by atoms with van der Waals surface area (Å²) in [7, 11) is 0. The molecule has 1 aliphatic carbocycles. The van der Waals surface area contributed by atoms with E-state index in [0.717, 1.165) is 31.4 Å². The van der Waals surface area contributed by atoms with Crippen LogP contribution in [0.4, 0.5) is 4.39 Å². The first kappa shape index (κ1) is 13.1. The second-order valence-electron chi connectivity index (χ2n) is 4.59. The third-order valence-electron chi connectivity index (χ3n) is 3.38. The lowest BCUT2D eigenvalue weighted by Gasteiger charge is -2.19. The zero-order valence-electron chi connectivity index (χ0n) is 9.83. The molecule has 0 heterocycles. The SMILES string of the molecule is O=C(NC1CCCC1CCl)c1ccc(F)cc1O. The van der Waals surface area contributed by atoms with E-state index in [2.05, 4.69) is 5.32 Å². The fourth-order valence-electron chi connectivity index (χ4n) is 2.35. The van der Waals surface area contributed by atoms with Crippen molar-refractivity contribution in [1.82, 2.24) is 5.32 Å². The molecule has 2 atom stereocenters. The fourth-order valence-corrected chi connectivity index (χ4v) is 2.72. The highest BCUT2D eigenvalue weighted by molar-refractivity contribution is 6.18. The molecule has 1 fully saturated rings. The minimum absolute atomic E-state index is 0.0412. The predicted octanol–water partition coefficient (Wildman–Crippen LogP) is 2.67. The first-order chi connectivity index (χ1) is 8.61. The Labute approximate surface area is 110 Å². The predicted molar refractivity (Wildman–Crippen MR) is 67.4 cm³/mol. The lowest BCUT2D eigenvalue weighted by molar-refractivity contribution is 0.0927. The molecular formula is C13H15ClFNO2. The molecule has 0 spiro atoms. The first-order valence-electron chi connectivity index (χ1n) is 5.97. The van der Waals surface area contributed by atoms with Gasteiger partial charge >= 0.3 is 0 Å². The molecule has 98 valence electrons. The summed E-state index contributed by atoms with van der Waals surface area (Å²) in [5.74, 6) is -0.496. The van der Waals surface area contributed by atoms with Crippen LogP contribution in [0, 0.1) is 11.7 Å². The van der Waals surface area contributed by atoms with Crippen molar-refractivity contribution in [2.75, 3.05) is 5.88 Å². The monoisotopic (exact) mass is 271 g/mol. The van der Waals surface area contributed by atoms with Crippen molar-refractivity contribution in [3.63, 3.8) is 0 Å². The van der Waals surface area contributed by atoms with Gasteiger partial charge in [-0.3, -0.25) is 4.79 Å². The summed E-state index contributed by atoms with van der Waals surface area (Å²) in [5.41, 5.74) is 0.0941. The Kier molecular flexibility index (Phi) is 4.07. The van der Waals surface area contributed by atoms with Gasteiger partial charge < -0.3 is 10.4 Å². The van der Waals surface area contributed by atoms with Gasteiger partial charge in [0.2, 0.25) is 0 Å². The number of hydrogen-bond acceptors (Lipinski definition) is 2. The van der Waals surface area contributed by atoms with Crippen LogP contribution < -0.4 is 5.32 Å². The number of hydrogen-bond donors (Lipinski definition) is 2. The Morgan fingerprint density at radius 2 is 2.28 bits per heavy atom. The van der Waals surface area contributed by atoms with Gasteiger partial charge in [0.15, 0.2) is 0 Å². The largest absolute Gasteiger partial charge is 0.507 e. The quantitative estimate of drug-likeness (QED) is 0.831. The minimum Gasteiger partial charge on any atom is -0.507 e. The fraction of sp³-hybridized carbons (Fsp3) is 0.462. The van der Waals surface area contributed by atoms with Crippen molar-refractivity contribution in [1.29, 1.82) is 0 Å². The van der Waals surface area contributed by atoms with Gasteiger partial charge in [0.25, 0.3) is 5.91 Å². The molecule has 1 aromatic carbocycles. The Hall–Kier alpha value is -1.29. The van der Waals surface area contributed by atoms with E-state index in [9.17, 15) is 14.3 Å². The zero-order valence-corrected chi connectivity index (χ0v) is 10.6. The molecule has 1 amide bonds. The number of nitrogens with one attached hydrogen (secondary N) is 1. The molecule has 1 aliphatic rings. The number of halogens is 2. The Balaban J connectivity index is 2.07. The lowest BCUT2D eigenvalue weighted by atomic mass is 10.1. The maximum atomic E-state index is 12.8. The molecule has 2 N–H and O–H groups in total. The van der Waals surface area contributed by atoms with E-state index >= 15 is 0 Å². The average Bonchev–Trinajstić information content (AvgIpc) is 2.76. The van der Waals surface area contributed by atoms with Crippen molar-refractivity contribution in [2.45, 2.75) is 25.3 Å². The highest BCUT2D eigenvalue weighted by atomic mass is 35.5. The molecule has 0 aromatic heterocycles. The van der Waals surface area contributed by atoms with Crippen molar-refractivity contribution in [3.05, 3.63) is 29.6 Å². The van der Waals surface area contributed by atoms with Crippen molar-refractivity contribution >= 4 is 17.5 Å². The van der Waals surface area contributed by atoms with Gasteiger partial charge in [0.05, 0.1) is 5.56 Å². The van der Waals surface area contributed by atoms with Crippen LogP contribution in [0.5, 0.6) is 5.75 Å². The van der Waals surface area contributed by atoms with Crippen molar-refractivity contribution < 1.29 is 14.3 Å². The molecule has 1 aromatic rings. The van der Waals surface area contributed by atoms with Crippen LogP contribution in [0.15, 0.2) is 18.2 Å². The molecule has 5 heteroatoms. The third-order valence-corrected chi connectivity index (χ3v) is 3.77. The van der Waals surface area contributed by atoms with Crippen molar-refractivity contribution in [2.24, 2.45) is 5.92 Å². The summed E-state index contributed by atoms with van der Waals surface area (Å²) in [5, 5.41) is 12.4. The van der Waals surface area contributed by atoms with Gasteiger partial charge in [-0.15, -0.1) is 11.6 Å². The van der Waals surface area contributed by atoms with E-state index in [1.165, 1.54) is 6.07 Å². The highest BCUT2D eigenvalue weighted by Crippen LogP contribution is 2.27. The minimum atomic E-state index is -0.566. The molecule has 2 rings (SSSR count). The standard InChI is InChI=1S/C13H15ClFNO2/c14-7-8-2-1-3-11(8)16-13(18)10-5-4-9(15)6-12(10)17/h4-6,8,11,17H,1-3,7H2,(H,16,18). The molecule has 0 saturated heterocycles. The Morgan fingerprint density at radius 3 is 2.94 bits per heavy atom. The molecule has 0 bridgehead atoms. The van der Waals surface area contributed by atoms with E-state index in [1.807, 2.05) is 0 Å². The second-order valence-corrected chi connectivity index (χ2v) is 4.90. The Bertz CT molecular complexity index is 453. The zero-order chi connectivity index (χ0) is 13.1. The van der Waals surface area contributed by atoms with Gasteiger partial charge in [-0.25, -0.2) is 4.39 Å². The van der Waals surface area contributed by atoms with E-state index < -0.39 is 5.82 Å². The molecule has 3 nitrogen and oxygen atoms in total. The first-order valence-corrected chi connectivity index (χ1v) is 6.50. The number of benzene rings is 1. The number of carbonyl (C=O) groups is 1. The van der Waals surface area contributed by atoms with Crippen LogP contribution in [0.1, 0.15) is 29.6 Å². The van der Waals surface area contributed by atoms with Crippen LogP contribution >= 0.6 is 11.6 Å². The third kappa shape index (κ3) is 2.75. The summed E-state index contributed by atoms with van der Waals surface area (Å²) in [6.07, 6.45) is 2.94. The summed E-state index contributed by atoms with van der Waals surface area (Å²) in [4.78, 5) is 12.0. The van der Waals surface area contributed by atoms with Gasteiger partial charge in [-0.1, -0.05) is 6.42 Å². The number of amides is 1. The number of alkyl halides is 1. The lowest BCUT2D eigenvalue weighted by Crippen LogP contribution is -2.37. The van der Waals surface area contributed by atoms with Crippen LogP contribution in [0.3, 0.4) is 0 Å². The van der Waals surface area contributed by atoms with E-state index in [-0.39, 0.29) is 29.2 Å². The van der Waals surface area contributed by atoms with Crippen molar-refractivity contribution in [3.8, 4) is 5.75 Å². The van der Waals surface area contributed by atoms with Crippen LogP contribution in [0.25, 0.3) is 0 Å². The molecule has 2 unspecified atom stereocenters. The summed E-state index contributed by atoms with van der Waals surface area (Å²) in [6, 6.07) is 3.41. The van der Waals surface area contributed by atoms with E-state index in [1.54, 1.807) is 0 Å². The molecular weight excluding hydrogens is 257 g/mol. The van der Waals surface area contributed by atoms with Crippen LogP contribution in [-0.2, 0) is 0 Å². The number of rotatable bonds is 3. The number of phenolic OH excluding ortho intramolecular Hbond substituents is 1. The molecule has 0 aliphatic heterocycles. The van der Waals surface area contributed by atoms with E-state index in [4.69, 9.17) is 11.6 Å². The van der Waals surface area contributed by atoms with Gasteiger partial charge in [-0.2, -0.15) is 0 Å². The van der Waals surface area contributed by atoms with Gasteiger partial charge in [0, 0.05) is 18.0 Å². The van der Waals surface area contributed by atoms with E-state index in [0.29, 0.717) is 5.88 Å². The van der Waals surface area contributed by atoms with Crippen LogP contribution in [0.2, 0.25) is 0 Å². The normalized spacial score (nSPS) is 23.0. The topological polar surface area (TPSA) is 49.3 Å². The second kappa shape index (κ2) is 5.57. The summed E-state index contributed by atoms with van der Waals surface area (Å²) < 4.78 is 12.8. The van der Waals surface area contributed by atoms with Gasteiger partial charge in [0.1, 0.15) is 11.6 Å². The number of phenols is 1. The van der Waals surface area contributed by atoms with Gasteiger partial charge in [-0.05, 0) is 30.9 Å². The molecule has 18 heavy (non-hydrogen) atoms. The smallest absolute Gasteiger partial charge is 0.255 e. The summed E-state index contributed by atoms with van der Waals surface area (Å²) in [6.45, 7) is 0. The maximum absolute atomic E-state index is 12.8. The summed E-state index contributed by atoms with van der Waals surface area (Å²) >= 11 is 5.83. The molecule has 1 saturated carbocycles.